The first-order valence-corrected chi connectivity index (χ1v) is 10.2. The molecule has 138 valence electrons. The number of carbonyl (C=O) groups is 2. The maximum atomic E-state index is 12.5. The zero-order valence-electron chi connectivity index (χ0n) is 14.3. The highest BCUT2D eigenvalue weighted by Crippen LogP contribution is 2.18. The summed E-state index contributed by atoms with van der Waals surface area (Å²) in [6, 6.07) is 10.2. The molecule has 2 amide bonds. The van der Waals surface area contributed by atoms with E-state index in [1.54, 1.807) is 19.1 Å². The first-order chi connectivity index (χ1) is 12.4. The molecule has 0 spiro atoms. The summed E-state index contributed by atoms with van der Waals surface area (Å²) in [4.78, 5) is 24.2. The molecule has 1 aliphatic rings. The number of rotatable bonds is 5. The summed E-state index contributed by atoms with van der Waals surface area (Å²) >= 11 is 0. The van der Waals surface area contributed by atoms with Crippen LogP contribution >= 0.6 is 0 Å². The molecule has 2 N–H and O–H groups in total. The van der Waals surface area contributed by atoms with Crippen LogP contribution in [0.4, 0.5) is 5.82 Å². The van der Waals surface area contributed by atoms with E-state index >= 15 is 0 Å². The minimum atomic E-state index is -3.09. The molecule has 1 aromatic heterocycles. The monoisotopic (exact) mass is 376 g/mol. The second kappa shape index (κ2) is 7.28. The molecule has 8 nitrogen and oxygen atoms in total. The summed E-state index contributed by atoms with van der Waals surface area (Å²) in [6.45, 7) is 1.73. The van der Waals surface area contributed by atoms with Crippen molar-refractivity contribution < 1.29 is 18.0 Å². The van der Waals surface area contributed by atoms with Gasteiger partial charge in [-0.15, -0.1) is 0 Å². The topological polar surface area (TPSA) is 110 Å². The zero-order valence-corrected chi connectivity index (χ0v) is 15.1. The van der Waals surface area contributed by atoms with Crippen LogP contribution in [-0.4, -0.2) is 47.6 Å². The van der Waals surface area contributed by atoms with Crippen LogP contribution in [0.15, 0.2) is 36.4 Å². The Hall–Kier alpha value is -2.68. The van der Waals surface area contributed by atoms with E-state index in [4.69, 9.17) is 0 Å². The SMILES string of the molecule is CCC(=O)Nc1cc(C(=O)NC2CCS(=O)(=O)C2)nn1-c1ccccc1. The van der Waals surface area contributed by atoms with Crippen molar-refractivity contribution in [2.45, 2.75) is 25.8 Å². The Morgan fingerprint density at radius 2 is 2.00 bits per heavy atom. The van der Waals surface area contributed by atoms with Gasteiger partial charge in [0.05, 0.1) is 17.2 Å². The van der Waals surface area contributed by atoms with E-state index < -0.39 is 21.8 Å². The predicted octanol–water partition coefficient (Wildman–Crippen LogP) is 1.14. The fourth-order valence-corrected chi connectivity index (χ4v) is 4.42. The van der Waals surface area contributed by atoms with Gasteiger partial charge >= 0.3 is 0 Å². The molecule has 1 aliphatic heterocycles. The standard InChI is InChI=1S/C17H20N4O4S/c1-2-16(22)19-15-10-14(20-21(15)13-6-4-3-5-7-13)17(23)18-12-8-9-26(24,25)11-12/h3-7,10,12H,2,8-9,11H2,1H3,(H,18,23)(H,19,22). The average Bonchev–Trinajstić information content (AvgIpc) is 3.18. The molecule has 0 radical (unpaired) electrons. The van der Waals surface area contributed by atoms with Gasteiger partial charge in [-0.2, -0.15) is 5.10 Å². The summed E-state index contributed by atoms with van der Waals surface area (Å²) in [5.41, 5.74) is 0.811. The lowest BCUT2D eigenvalue weighted by Gasteiger charge is -2.09. The third-order valence-corrected chi connectivity index (χ3v) is 5.87. The van der Waals surface area contributed by atoms with Crippen LogP contribution in [0.3, 0.4) is 0 Å². The lowest BCUT2D eigenvalue weighted by molar-refractivity contribution is -0.115. The highest BCUT2D eigenvalue weighted by molar-refractivity contribution is 7.91. The number of nitrogens with one attached hydrogen (secondary N) is 2. The molecule has 1 atom stereocenters. The van der Waals surface area contributed by atoms with E-state index in [0.29, 0.717) is 24.3 Å². The van der Waals surface area contributed by atoms with Crippen LogP contribution < -0.4 is 10.6 Å². The molecule has 2 aromatic rings. The number of hydrogen-bond acceptors (Lipinski definition) is 5. The molecule has 1 unspecified atom stereocenters. The third kappa shape index (κ3) is 4.10. The zero-order chi connectivity index (χ0) is 18.7. The highest BCUT2D eigenvalue weighted by Gasteiger charge is 2.30. The molecule has 0 aliphatic carbocycles. The number of carbonyl (C=O) groups excluding carboxylic acids is 2. The molecule has 9 heteroatoms. The summed E-state index contributed by atoms with van der Waals surface area (Å²) in [7, 11) is -3.09. The normalized spacial score (nSPS) is 18.4. The summed E-state index contributed by atoms with van der Waals surface area (Å²) in [5, 5.41) is 9.72. The van der Waals surface area contributed by atoms with E-state index in [-0.39, 0.29) is 23.1 Å². The van der Waals surface area contributed by atoms with Crippen molar-refractivity contribution in [1.82, 2.24) is 15.1 Å². The van der Waals surface area contributed by atoms with Crippen LogP contribution in [0.5, 0.6) is 0 Å². The largest absolute Gasteiger partial charge is 0.347 e. The quantitative estimate of drug-likeness (QED) is 0.813. The van der Waals surface area contributed by atoms with Crippen LogP contribution in [0, 0.1) is 0 Å². The van der Waals surface area contributed by atoms with E-state index in [1.807, 2.05) is 18.2 Å². The van der Waals surface area contributed by atoms with Gasteiger partial charge in [-0.25, -0.2) is 13.1 Å². The maximum absolute atomic E-state index is 12.5. The van der Waals surface area contributed by atoms with E-state index in [0.717, 1.165) is 0 Å². The van der Waals surface area contributed by atoms with Crippen LogP contribution in [0.2, 0.25) is 0 Å². The fraction of sp³-hybridized carbons (Fsp3) is 0.353. The van der Waals surface area contributed by atoms with Crippen LogP contribution in [0.25, 0.3) is 5.69 Å². The Morgan fingerprint density at radius 3 is 2.62 bits per heavy atom. The fourth-order valence-electron chi connectivity index (χ4n) is 2.75. The Balaban J connectivity index is 1.85. The van der Waals surface area contributed by atoms with E-state index in [9.17, 15) is 18.0 Å². The van der Waals surface area contributed by atoms with Gasteiger partial charge in [-0.3, -0.25) is 9.59 Å². The lowest BCUT2D eigenvalue weighted by atomic mass is 10.2. The molecular weight excluding hydrogens is 356 g/mol. The van der Waals surface area contributed by atoms with Crippen molar-refractivity contribution >= 4 is 27.5 Å². The summed E-state index contributed by atoms with van der Waals surface area (Å²) in [5.74, 6) is -0.261. The van der Waals surface area contributed by atoms with Crippen molar-refractivity contribution in [1.29, 1.82) is 0 Å². The number of sulfone groups is 1. The molecule has 0 bridgehead atoms. The van der Waals surface area contributed by atoms with Crippen molar-refractivity contribution in [2.24, 2.45) is 0 Å². The van der Waals surface area contributed by atoms with Crippen molar-refractivity contribution in [3.8, 4) is 5.69 Å². The molecule has 1 aromatic carbocycles. The third-order valence-electron chi connectivity index (χ3n) is 4.10. The molecular formula is C17H20N4O4S. The minimum absolute atomic E-state index is 0.0580. The maximum Gasteiger partial charge on any atom is 0.272 e. The number of aromatic nitrogens is 2. The molecule has 2 heterocycles. The van der Waals surface area contributed by atoms with E-state index in [1.165, 1.54) is 10.7 Å². The van der Waals surface area contributed by atoms with E-state index in [2.05, 4.69) is 15.7 Å². The number of hydrogen-bond donors (Lipinski definition) is 2. The van der Waals surface area contributed by atoms with Gasteiger partial charge < -0.3 is 10.6 Å². The smallest absolute Gasteiger partial charge is 0.272 e. The number of nitrogens with zero attached hydrogens (tertiary/aromatic N) is 2. The van der Waals surface area contributed by atoms with Crippen LogP contribution in [0.1, 0.15) is 30.3 Å². The van der Waals surface area contributed by atoms with Gasteiger partial charge in [0.15, 0.2) is 15.5 Å². The lowest BCUT2D eigenvalue weighted by Crippen LogP contribution is -2.35. The van der Waals surface area contributed by atoms with Crippen LogP contribution in [-0.2, 0) is 14.6 Å². The number of para-hydroxylation sites is 1. The van der Waals surface area contributed by atoms with Gasteiger partial charge in [0.2, 0.25) is 5.91 Å². The first kappa shape index (κ1) is 18.1. The molecule has 26 heavy (non-hydrogen) atoms. The van der Waals surface area contributed by atoms with Gasteiger partial charge in [0.1, 0.15) is 5.82 Å². The second-order valence-corrected chi connectivity index (χ2v) is 8.37. The molecule has 1 fully saturated rings. The highest BCUT2D eigenvalue weighted by atomic mass is 32.2. The molecule has 0 saturated carbocycles. The average molecular weight is 376 g/mol. The Morgan fingerprint density at radius 1 is 1.27 bits per heavy atom. The Kier molecular flexibility index (Phi) is 5.08. The first-order valence-electron chi connectivity index (χ1n) is 8.34. The summed E-state index contributed by atoms with van der Waals surface area (Å²) < 4.78 is 24.6. The second-order valence-electron chi connectivity index (χ2n) is 6.14. The van der Waals surface area contributed by atoms with Gasteiger partial charge in [-0.05, 0) is 18.6 Å². The Bertz CT molecular complexity index is 921. The van der Waals surface area contributed by atoms with Crippen molar-refractivity contribution in [3.63, 3.8) is 0 Å². The minimum Gasteiger partial charge on any atom is -0.347 e. The van der Waals surface area contributed by atoms with Gasteiger partial charge in [0, 0.05) is 18.5 Å². The summed E-state index contributed by atoms with van der Waals surface area (Å²) in [6.07, 6.45) is 0.689. The van der Waals surface area contributed by atoms with Crippen molar-refractivity contribution in [2.75, 3.05) is 16.8 Å². The molecule has 3 rings (SSSR count). The van der Waals surface area contributed by atoms with Crippen molar-refractivity contribution in [3.05, 3.63) is 42.1 Å². The Labute approximate surface area is 151 Å². The predicted molar refractivity (Wildman–Crippen MR) is 97.0 cm³/mol. The number of amides is 2. The number of anilines is 1. The van der Waals surface area contributed by atoms with Gasteiger partial charge in [0.25, 0.3) is 5.91 Å². The number of benzene rings is 1. The molecule has 1 saturated heterocycles. The van der Waals surface area contributed by atoms with Gasteiger partial charge in [-0.1, -0.05) is 25.1 Å².